The van der Waals surface area contributed by atoms with Crippen molar-refractivity contribution in [2.45, 2.75) is 40.4 Å². The Hall–Kier alpha value is 0.771. The van der Waals surface area contributed by atoms with Crippen LogP contribution in [0, 0.1) is 0 Å². The SMILES string of the molecule is CCO.CCO.CCO.C[Si](C)(C)O.[Ti]. The smallest absolute Gasteiger partial charge is 0.179 e. The van der Waals surface area contributed by atoms with Crippen LogP contribution in [-0.4, -0.2) is 48.3 Å². The van der Waals surface area contributed by atoms with Crippen LogP contribution >= 0.6 is 0 Å². The van der Waals surface area contributed by atoms with Crippen molar-refractivity contribution < 1.29 is 41.8 Å². The Morgan fingerprint density at radius 2 is 0.733 bits per heavy atom. The van der Waals surface area contributed by atoms with E-state index in [1.54, 1.807) is 20.8 Å². The molecule has 0 aliphatic rings. The summed E-state index contributed by atoms with van der Waals surface area (Å²) in [6.07, 6.45) is 0. The molecule has 0 aromatic heterocycles. The predicted molar refractivity (Wildman–Crippen MR) is 63.8 cm³/mol. The molecule has 0 aromatic carbocycles. The second kappa shape index (κ2) is 29.3. The maximum Gasteiger partial charge on any atom is 0.179 e. The van der Waals surface area contributed by atoms with Crippen LogP contribution in [0.2, 0.25) is 19.6 Å². The molecule has 4 N–H and O–H groups in total. The molecule has 0 unspecified atom stereocenters. The molecule has 0 heterocycles. The van der Waals surface area contributed by atoms with Gasteiger partial charge in [0.1, 0.15) is 0 Å². The molecular weight excluding hydrogens is 248 g/mol. The summed E-state index contributed by atoms with van der Waals surface area (Å²) in [4.78, 5) is 8.66. The fourth-order valence-corrected chi connectivity index (χ4v) is 0. The Labute approximate surface area is 110 Å². The average Bonchev–Trinajstić information content (AvgIpc) is 1.86. The van der Waals surface area contributed by atoms with E-state index in [0.29, 0.717) is 0 Å². The molecule has 0 amide bonds. The van der Waals surface area contributed by atoms with E-state index < -0.39 is 8.32 Å². The van der Waals surface area contributed by atoms with Gasteiger partial charge < -0.3 is 20.1 Å². The van der Waals surface area contributed by atoms with Crippen LogP contribution in [-0.2, 0) is 21.7 Å². The fourth-order valence-electron chi connectivity index (χ4n) is 0. The quantitative estimate of drug-likeness (QED) is 0.494. The summed E-state index contributed by atoms with van der Waals surface area (Å²) in [5.41, 5.74) is 0. The molecule has 0 radical (unpaired) electrons. The molecule has 15 heavy (non-hydrogen) atoms. The van der Waals surface area contributed by atoms with Gasteiger partial charge in [-0.15, -0.1) is 0 Å². The van der Waals surface area contributed by atoms with Crippen LogP contribution in [0.4, 0.5) is 0 Å². The zero-order valence-electron chi connectivity index (χ0n) is 10.9. The van der Waals surface area contributed by atoms with E-state index >= 15 is 0 Å². The standard InChI is InChI=1S/C3H10OSi.3C2H6O.Ti/c1-5(2,3)4;3*1-2-3;/h4H,1-3H3;3*3H,2H2,1H3;. The molecule has 96 valence electrons. The van der Waals surface area contributed by atoms with Crippen molar-refractivity contribution >= 4 is 8.32 Å². The van der Waals surface area contributed by atoms with E-state index in [9.17, 15) is 0 Å². The van der Waals surface area contributed by atoms with E-state index in [1.807, 2.05) is 19.6 Å². The maximum atomic E-state index is 8.66. The van der Waals surface area contributed by atoms with Gasteiger partial charge in [0.05, 0.1) is 0 Å². The van der Waals surface area contributed by atoms with Crippen LogP contribution in [0.15, 0.2) is 0 Å². The average molecular weight is 276 g/mol. The number of aliphatic hydroxyl groups is 3. The first-order valence-corrected chi connectivity index (χ1v) is 8.24. The molecule has 6 heteroatoms. The minimum absolute atomic E-state index is 0. The minimum Gasteiger partial charge on any atom is -0.433 e. The van der Waals surface area contributed by atoms with Gasteiger partial charge in [-0.1, -0.05) is 0 Å². The van der Waals surface area contributed by atoms with Gasteiger partial charge >= 0.3 is 0 Å². The molecule has 0 rings (SSSR count). The molecule has 0 aliphatic heterocycles. The third-order valence-electron chi connectivity index (χ3n) is 0. The topological polar surface area (TPSA) is 80.9 Å². The van der Waals surface area contributed by atoms with E-state index in [-0.39, 0.29) is 41.5 Å². The molecule has 0 fully saturated rings. The Kier molecular flexibility index (Phi) is 58.0. The van der Waals surface area contributed by atoms with Gasteiger partial charge in [0.2, 0.25) is 0 Å². The van der Waals surface area contributed by atoms with Crippen LogP contribution in [0.25, 0.3) is 0 Å². The Morgan fingerprint density at radius 3 is 0.733 bits per heavy atom. The van der Waals surface area contributed by atoms with Gasteiger partial charge in [-0.3, -0.25) is 0 Å². The summed E-state index contributed by atoms with van der Waals surface area (Å²) in [6, 6.07) is 0. The van der Waals surface area contributed by atoms with Crippen molar-refractivity contribution in [3.8, 4) is 0 Å². The number of hydrogen-bond acceptors (Lipinski definition) is 4. The van der Waals surface area contributed by atoms with Crippen LogP contribution < -0.4 is 0 Å². The van der Waals surface area contributed by atoms with Gasteiger partial charge in [-0.05, 0) is 40.4 Å². The number of aliphatic hydroxyl groups excluding tert-OH is 3. The van der Waals surface area contributed by atoms with Gasteiger partial charge in [0.15, 0.2) is 8.32 Å². The molecule has 0 aliphatic carbocycles. The van der Waals surface area contributed by atoms with Crippen molar-refractivity contribution in [1.82, 2.24) is 0 Å². The first kappa shape index (κ1) is 29.7. The zero-order chi connectivity index (χ0) is 12.6. The summed E-state index contributed by atoms with van der Waals surface area (Å²) in [5.74, 6) is 0. The Morgan fingerprint density at radius 1 is 0.733 bits per heavy atom. The second-order valence-corrected chi connectivity index (χ2v) is 7.46. The van der Waals surface area contributed by atoms with Gasteiger partial charge in [0.25, 0.3) is 0 Å². The molecule has 0 aromatic rings. The van der Waals surface area contributed by atoms with Crippen molar-refractivity contribution in [3.05, 3.63) is 0 Å². The largest absolute Gasteiger partial charge is 0.433 e. The van der Waals surface area contributed by atoms with Crippen molar-refractivity contribution in [1.29, 1.82) is 0 Å². The van der Waals surface area contributed by atoms with Gasteiger partial charge in [-0.2, -0.15) is 0 Å². The molecule has 0 atom stereocenters. The van der Waals surface area contributed by atoms with Crippen LogP contribution in [0.3, 0.4) is 0 Å². The molecule has 4 nitrogen and oxygen atoms in total. The summed E-state index contributed by atoms with van der Waals surface area (Å²) in [7, 11) is -1.61. The van der Waals surface area contributed by atoms with E-state index in [1.165, 1.54) is 0 Å². The maximum absolute atomic E-state index is 8.66. The van der Waals surface area contributed by atoms with E-state index in [0.717, 1.165) is 0 Å². The summed E-state index contributed by atoms with van der Waals surface area (Å²) >= 11 is 0. The van der Waals surface area contributed by atoms with E-state index in [4.69, 9.17) is 20.1 Å². The predicted octanol–water partition coefficient (Wildman–Crippen LogP) is 0.807. The van der Waals surface area contributed by atoms with Gasteiger partial charge in [0, 0.05) is 41.5 Å². The normalized spacial score (nSPS) is 7.60. The first-order chi connectivity index (χ1) is 6.24. The Bertz CT molecular complexity index is 58.9. The van der Waals surface area contributed by atoms with Crippen LogP contribution in [0.1, 0.15) is 20.8 Å². The molecule has 0 bridgehead atoms. The Balaban J connectivity index is -0.0000000300. The summed E-state index contributed by atoms with van der Waals surface area (Å²) < 4.78 is 0. The van der Waals surface area contributed by atoms with Crippen molar-refractivity contribution in [2.24, 2.45) is 0 Å². The molecular formula is C9H28O4SiTi. The molecule has 0 saturated carbocycles. The third-order valence-corrected chi connectivity index (χ3v) is 0. The van der Waals surface area contributed by atoms with Gasteiger partial charge in [-0.25, -0.2) is 0 Å². The molecule has 0 spiro atoms. The van der Waals surface area contributed by atoms with Crippen LogP contribution in [0.5, 0.6) is 0 Å². The van der Waals surface area contributed by atoms with E-state index in [2.05, 4.69) is 0 Å². The summed E-state index contributed by atoms with van der Waals surface area (Å²) in [6.45, 7) is 11.4. The minimum atomic E-state index is -1.61. The molecule has 0 saturated heterocycles. The number of rotatable bonds is 0. The third kappa shape index (κ3) is 4050. The monoisotopic (exact) mass is 276 g/mol. The number of hydrogen-bond donors (Lipinski definition) is 4. The van der Waals surface area contributed by atoms with Crippen molar-refractivity contribution in [3.63, 3.8) is 0 Å². The second-order valence-electron chi connectivity index (χ2n) is 3.12. The summed E-state index contributed by atoms with van der Waals surface area (Å²) in [5, 5.41) is 22.7. The van der Waals surface area contributed by atoms with Crippen molar-refractivity contribution in [2.75, 3.05) is 19.8 Å². The zero-order valence-corrected chi connectivity index (χ0v) is 13.5. The fraction of sp³-hybridized carbons (Fsp3) is 1.00. The first-order valence-electron chi connectivity index (χ1n) is 4.79.